The normalized spacial score (nSPS) is 15.7. The van der Waals surface area contributed by atoms with Crippen molar-refractivity contribution >= 4 is 5.91 Å². The predicted octanol–water partition coefficient (Wildman–Crippen LogP) is 0.785. The number of carbonyl (C=O) groups excluding carboxylic acids is 1. The molecule has 23 heavy (non-hydrogen) atoms. The van der Waals surface area contributed by atoms with Crippen LogP contribution in [0.1, 0.15) is 56.2 Å². The van der Waals surface area contributed by atoms with Gasteiger partial charge >= 0.3 is 0 Å². The second kappa shape index (κ2) is 7.30. The third kappa shape index (κ3) is 3.91. The van der Waals surface area contributed by atoms with E-state index in [0.717, 1.165) is 18.7 Å². The molecule has 1 aliphatic carbocycles. The highest BCUT2D eigenvalue weighted by Gasteiger charge is 2.18. The van der Waals surface area contributed by atoms with E-state index in [9.17, 15) is 4.79 Å². The average Bonchev–Trinajstić information content (AvgIpc) is 3.20. The van der Waals surface area contributed by atoms with Crippen LogP contribution in [0.2, 0.25) is 0 Å². The topological polar surface area (TPSA) is 103 Å². The van der Waals surface area contributed by atoms with Gasteiger partial charge in [-0.2, -0.15) is 0 Å². The maximum Gasteiger partial charge on any atom is 0.222 e. The molecule has 2 aromatic rings. The van der Waals surface area contributed by atoms with E-state index in [-0.39, 0.29) is 5.91 Å². The van der Waals surface area contributed by atoms with E-state index in [1.54, 1.807) is 11.0 Å². The van der Waals surface area contributed by atoms with E-state index in [2.05, 4.69) is 35.6 Å². The summed E-state index contributed by atoms with van der Waals surface area (Å²) in [6, 6.07) is 0.467. The molecule has 1 N–H and O–H groups in total. The number of nitrogens with one attached hydrogen (secondary N) is 1. The predicted molar refractivity (Wildman–Crippen MR) is 81.2 cm³/mol. The van der Waals surface area contributed by atoms with Gasteiger partial charge in [0.2, 0.25) is 5.91 Å². The molecule has 0 bridgehead atoms. The molecule has 2 aromatic heterocycles. The number of tetrazole rings is 1. The molecule has 0 spiro atoms. The minimum atomic E-state index is -0.0434. The first kappa shape index (κ1) is 15.6. The molecule has 0 aromatic carbocycles. The van der Waals surface area contributed by atoms with Crippen molar-refractivity contribution in [2.45, 2.75) is 64.6 Å². The zero-order valence-electron chi connectivity index (χ0n) is 13.4. The summed E-state index contributed by atoms with van der Waals surface area (Å²) in [4.78, 5) is 12.0. The minimum Gasteiger partial charge on any atom is -0.349 e. The molecule has 1 fully saturated rings. The second-order valence-electron chi connectivity index (χ2n) is 5.92. The Balaban J connectivity index is 1.49. The summed E-state index contributed by atoms with van der Waals surface area (Å²) in [6.45, 7) is 2.69. The Morgan fingerprint density at radius 3 is 2.87 bits per heavy atom. The lowest BCUT2D eigenvalue weighted by Gasteiger charge is -2.24. The number of aromatic nitrogens is 7. The maximum absolute atomic E-state index is 12.0. The van der Waals surface area contributed by atoms with Gasteiger partial charge in [-0.1, -0.05) is 19.3 Å². The van der Waals surface area contributed by atoms with Gasteiger partial charge in [0.1, 0.15) is 12.2 Å². The molecule has 0 atom stereocenters. The highest BCUT2D eigenvalue weighted by Crippen LogP contribution is 2.28. The summed E-state index contributed by atoms with van der Waals surface area (Å²) < 4.78 is 3.73. The lowest BCUT2D eigenvalue weighted by atomic mass is 9.95. The first-order valence-corrected chi connectivity index (χ1v) is 8.12. The maximum atomic E-state index is 12.0. The van der Waals surface area contributed by atoms with Gasteiger partial charge in [0.25, 0.3) is 0 Å². The molecule has 9 nitrogen and oxygen atoms in total. The molecule has 1 saturated carbocycles. The summed E-state index contributed by atoms with van der Waals surface area (Å²) in [5.41, 5.74) is 0. The van der Waals surface area contributed by atoms with E-state index in [4.69, 9.17) is 0 Å². The number of amides is 1. The minimum absolute atomic E-state index is 0.0434. The Morgan fingerprint density at radius 1 is 1.30 bits per heavy atom. The third-order valence-electron chi connectivity index (χ3n) is 4.32. The Morgan fingerprint density at radius 2 is 2.13 bits per heavy atom. The highest BCUT2D eigenvalue weighted by molar-refractivity contribution is 5.75. The van der Waals surface area contributed by atoms with Gasteiger partial charge in [-0.25, -0.2) is 4.68 Å². The fourth-order valence-electron chi connectivity index (χ4n) is 2.99. The van der Waals surface area contributed by atoms with Crippen molar-refractivity contribution in [2.75, 3.05) is 0 Å². The first-order valence-electron chi connectivity index (χ1n) is 8.12. The quantitative estimate of drug-likeness (QED) is 0.844. The summed E-state index contributed by atoms with van der Waals surface area (Å²) in [5.74, 6) is 1.48. The van der Waals surface area contributed by atoms with Crippen molar-refractivity contribution in [1.82, 2.24) is 40.3 Å². The largest absolute Gasteiger partial charge is 0.349 e. The Kier molecular flexibility index (Phi) is 4.94. The number of aryl methyl sites for hydroxylation is 2. The van der Waals surface area contributed by atoms with Gasteiger partial charge < -0.3 is 9.88 Å². The van der Waals surface area contributed by atoms with Gasteiger partial charge in [-0.15, -0.1) is 15.3 Å². The smallest absolute Gasteiger partial charge is 0.222 e. The van der Waals surface area contributed by atoms with Crippen molar-refractivity contribution in [3.8, 4) is 0 Å². The van der Waals surface area contributed by atoms with Crippen LogP contribution in [0, 0.1) is 6.92 Å². The van der Waals surface area contributed by atoms with E-state index in [1.165, 1.54) is 19.3 Å². The Bertz CT molecular complexity index is 643. The van der Waals surface area contributed by atoms with E-state index in [1.807, 2.05) is 6.92 Å². The molecule has 3 rings (SSSR count). The summed E-state index contributed by atoms with van der Waals surface area (Å²) in [7, 11) is 0. The molecule has 1 aliphatic rings. The van der Waals surface area contributed by atoms with Gasteiger partial charge in [-0.3, -0.25) is 4.79 Å². The Hall–Kier alpha value is -2.32. The monoisotopic (exact) mass is 318 g/mol. The summed E-state index contributed by atoms with van der Waals surface area (Å²) in [5, 5.41) is 22.2. The van der Waals surface area contributed by atoms with Gasteiger partial charge in [-0.05, 0) is 30.2 Å². The van der Waals surface area contributed by atoms with Crippen LogP contribution in [0.5, 0.6) is 0 Å². The lowest BCUT2D eigenvalue weighted by molar-refractivity contribution is -0.121. The van der Waals surface area contributed by atoms with Crippen molar-refractivity contribution in [2.24, 2.45) is 0 Å². The molecule has 0 radical (unpaired) electrons. The SMILES string of the molecule is Cc1nnnn1CCC(=O)NCc1nncn1C1CCCCC1. The zero-order valence-corrected chi connectivity index (χ0v) is 13.4. The molecule has 0 saturated heterocycles. The Labute approximate surface area is 134 Å². The van der Waals surface area contributed by atoms with Crippen LogP contribution in [0.15, 0.2) is 6.33 Å². The van der Waals surface area contributed by atoms with Gasteiger partial charge in [0, 0.05) is 12.5 Å². The molecule has 0 unspecified atom stereocenters. The van der Waals surface area contributed by atoms with Crippen LogP contribution in [0.25, 0.3) is 0 Å². The van der Waals surface area contributed by atoms with Crippen LogP contribution in [-0.4, -0.2) is 40.9 Å². The van der Waals surface area contributed by atoms with Crippen LogP contribution < -0.4 is 5.32 Å². The van der Waals surface area contributed by atoms with E-state index >= 15 is 0 Å². The number of carbonyl (C=O) groups is 1. The number of nitrogens with zero attached hydrogens (tertiary/aromatic N) is 7. The van der Waals surface area contributed by atoms with Crippen LogP contribution in [0.4, 0.5) is 0 Å². The van der Waals surface area contributed by atoms with Crippen molar-refractivity contribution in [1.29, 1.82) is 0 Å². The van der Waals surface area contributed by atoms with Crippen LogP contribution in [-0.2, 0) is 17.9 Å². The molecule has 124 valence electrons. The molecule has 0 aliphatic heterocycles. The molecular formula is C14H22N8O. The fraction of sp³-hybridized carbons (Fsp3) is 0.714. The summed E-state index contributed by atoms with van der Waals surface area (Å²) >= 11 is 0. The highest BCUT2D eigenvalue weighted by atomic mass is 16.1. The zero-order chi connectivity index (χ0) is 16.1. The van der Waals surface area contributed by atoms with Gasteiger partial charge in [0.05, 0.1) is 13.1 Å². The van der Waals surface area contributed by atoms with E-state index in [0.29, 0.717) is 31.4 Å². The number of hydrogen-bond donors (Lipinski definition) is 1. The van der Waals surface area contributed by atoms with Crippen LogP contribution >= 0.6 is 0 Å². The average molecular weight is 318 g/mol. The van der Waals surface area contributed by atoms with Gasteiger partial charge in [0.15, 0.2) is 5.82 Å². The van der Waals surface area contributed by atoms with E-state index < -0.39 is 0 Å². The van der Waals surface area contributed by atoms with Crippen LogP contribution in [0.3, 0.4) is 0 Å². The van der Waals surface area contributed by atoms with Crippen molar-refractivity contribution < 1.29 is 4.79 Å². The fourth-order valence-corrected chi connectivity index (χ4v) is 2.99. The lowest BCUT2D eigenvalue weighted by Crippen LogP contribution is -2.27. The molecule has 2 heterocycles. The van der Waals surface area contributed by atoms with Crippen molar-refractivity contribution in [3.63, 3.8) is 0 Å². The molecule has 1 amide bonds. The van der Waals surface area contributed by atoms with Crippen molar-refractivity contribution in [3.05, 3.63) is 18.0 Å². The number of hydrogen-bond acceptors (Lipinski definition) is 6. The molecule has 9 heteroatoms. The summed E-state index contributed by atoms with van der Waals surface area (Å²) in [6.07, 6.45) is 8.25. The first-order chi connectivity index (χ1) is 11.2. The second-order valence-corrected chi connectivity index (χ2v) is 5.92. The third-order valence-corrected chi connectivity index (χ3v) is 4.32. The standard InChI is InChI=1S/C14H22N8O/c1-11-17-19-20-22(11)8-7-14(23)15-9-13-18-16-10-21(13)12-5-3-2-4-6-12/h10,12H,2-9H2,1H3,(H,15,23). The number of rotatable bonds is 6. The molecular weight excluding hydrogens is 296 g/mol.